The quantitative estimate of drug-likeness (QED) is 0.0499. The number of nitrogens with two attached hydrogens (primary N) is 1. The second-order valence-corrected chi connectivity index (χ2v) is 19.7. The number of para-hydroxylation sites is 1. The molecule has 0 bridgehead atoms. The van der Waals surface area contributed by atoms with Crippen molar-refractivity contribution in [3.05, 3.63) is 90.3 Å². The van der Waals surface area contributed by atoms with Crippen LogP contribution in [0.3, 0.4) is 0 Å². The number of nitrogens with one attached hydrogen (secondary N) is 1. The highest BCUT2D eigenvalue weighted by molar-refractivity contribution is 7.99. The topological polar surface area (TPSA) is 243 Å². The standard InChI is InChI=1S/C53H62N10O11S/c54-49-47-48(36-13-15-39(16-14-36)74-38-8-2-1-3-9-38)58-63(50(47)56-35-55-49)37-7-5-20-61(33-37)44(65)12-6-19-59-21-23-60(24-22-59)45(66)34-73-30-29-71-26-25-70-27-28-72-31-32-75-42-11-4-10-40-46(42)53(69)62(52(40)68)41-17-18-43(64)57-51(41)67/h1-4,8-11,13-16,35,37,41H,5-7,12,17-34H2,(H2,54,55,56)(H,57,64,67)/t37-,41?/m1/s1. The van der Waals surface area contributed by atoms with Crippen LogP contribution < -0.4 is 15.8 Å². The summed E-state index contributed by atoms with van der Waals surface area (Å²) in [6.07, 6.45) is 4.48. The Kier molecular flexibility index (Phi) is 18.1. The number of hydrogen-bond donors (Lipinski definition) is 2. The summed E-state index contributed by atoms with van der Waals surface area (Å²) < 4.78 is 30.4. The fourth-order valence-electron chi connectivity index (χ4n) is 9.70. The van der Waals surface area contributed by atoms with Crippen LogP contribution in [0.4, 0.5) is 5.82 Å². The lowest BCUT2D eigenvalue weighted by Gasteiger charge is -2.35. The number of anilines is 1. The summed E-state index contributed by atoms with van der Waals surface area (Å²) >= 11 is 1.38. The molecule has 0 spiro atoms. The van der Waals surface area contributed by atoms with E-state index in [2.05, 4.69) is 20.2 Å². The molecule has 22 heteroatoms. The van der Waals surface area contributed by atoms with Crippen LogP contribution in [-0.2, 0) is 38.1 Å². The summed E-state index contributed by atoms with van der Waals surface area (Å²) in [6, 6.07) is 21.3. The number of ether oxygens (including phenoxy) is 5. The number of nitrogens with zero attached hydrogens (tertiary/aromatic N) is 8. The van der Waals surface area contributed by atoms with E-state index in [9.17, 15) is 28.8 Å². The number of rotatable bonds is 24. The van der Waals surface area contributed by atoms with Crippen LogP contribution in [0.2, 0.25) is 0 Å². The minimum Gasteiger partial charge on any atom is -0.457 e. The van der Waals surface area contributed by atoms with E-state index < -0.39 is 29.7 Å². The second-order valence-electron chi connectivity index (χ2n) is 18.5. The van der Waals surface area contributed by atoms with Crippen LogP contribution in [0, 0.1) is 0 Å². The summed E-state index contributed by atoms with van der Waals surface area (Å²) in [6.45, 7) is 7.09. The first-order valence-corrected chi connectivity index (χ1v) is 26.5. The van der Waals surface area contributed by atoms with Gasteiger partial charge in [0.25, 0.3) is 11.8 Å². The van der Waals surface area contributed by atoms with Gasteiger partial charge in [0.05, 0.1) is 68.8 Å². The summed E-state index contributed by atoms with van der Waals surface area (Å²) in [5.41, 5.74) is 9.13. The Morgan fingerprint density at radius 1 is 0.733 bits per heavy atom. The molecule has 0 radical (unpaired) electrons. The van der Waals surface area contributed by atoms with Gasteiger partial charge in [-0.2, -0.15) is 5.10 Å². The molecule has 2 atom stereocenters. The van der Waals surface area contributed by atoms with Crippen LogP contribution >= 0.6 is 11.8 Å². The van der Waals surface area contributed by atoms with Gasteiger partial charge in [0, 0.05) is 68.3 Å². The van der Waals surface area contributed by atoms with E-state index in [-0.39, 0.29) is 55.0 Å². The lowest BCUT2D eigenvalue weighted by atomic mass is 10.0. The predicted molar refractivity (Wildman–Crippen MR) is 276 cm³/mol. The van der Waals surface area contributed by atoms with Gasteiger partial charge in [0.1, 0.15) is 42.0 Å². The molecule has 0 saturated carbocycles. The van der Waals surface area contributed by atoms with Gasteiger partial charge < -0.3 is 39.2 Å². The van der Waals surface area contributed by atoms with E-state index >= 15 is 0 Å². The second kappa shape index (κ2) is 25.6. The van der Waals surface area contributed by atoms with Crippen molar-refractivity contribution in [2.75, 3.05) is 110 Å². The molecule has 3 saturated heterocycles. The molecular weight excluding hydrogens is 985 g/mol. The monoisotopic (exact) mass is 1050 g/mol. The van der Waals surface area contributed by atoms with Gasteiger partial charge >= 0.3 is 0 Å². The zero-order chi connectivity index (χ0) is 52.1. The number of hydrogen-bond acceptors (Lipinski definition) is 17. The maximum atomic E-state index is 13.6. The number of likely N-dealkylation sites (tertiary alicyclic amines) is 1. The third-order valence-electron chi connectivity index (χ3n) is 13.6. The Balaban J connectivity index is 0.597. The number of thioether (sulfide) groups is 1. The number of piperazine rings is 1. The average molecular weight is 1050 g/mol. The highest BCUT2D eigenvalue weighted by Gasteiger charge is 2.45. The van der Waals surface area contributed by atoms with Gasteiger partial charge in [-0.25, -0.2) is 14.6 Å². The van der Waals surface area contributed by atoms with Crippen molar-refractivity contribution in [2.45, 2.75) is 55.5 Å². The number of carbonyl (C=O) groups is 6. The lowest BCUT2D eigenvalue weighted by molar-refractivity contribution is -0.138. The molecule has 4 aliphatic heterocycles. The van der Waals surface area contributed by atoms with Crippen molar-refractivity contribution in [1.29, 1.82) is 0 Å². The van der Waals surface area contributed by atoms with E-state index in [4.69, 9.17) is 34.5 Å². The van der Waals surface area contributed by atoms with Crippen molar-refractivity contribution < 1.29 is 52.5 Å². The Morgan fingerprint density at radius 3 is 2.20 bits per heavy atom. The molecule has 3 N–H and O–H groups in total. The number of nitrogen functional groups attached to an aromatic ring is 1. The molecule has 5 aromatic rings. The normalized spacial score (nSPS) is 18.2. The highest BCUT2D eigenvalue weighted by Crippen LogP contribution is 2.36. The molecule has 6 heterocycles. The average Bonchev–Trinajstić information content (AvgIpc) is 3.98. The van der Waals surface area contributed by atoms with Gasteiger partial charge in [0.2, 0.25) is 23.6 Å². The first-order chi connectivity index (χ1) is 36.6. The number of aromatic nitrogens is 4. The molecule has 1 unspecified atom stereocenters. The third kappa shape index (κ3) is 13.2. The van der Waals surface area contributed by atoms with E-state index in [1.54, 1.807) is 18.2 Å². The van der Waals surface area contributed by atoms with Gasteiger partial charge in [-0.15, -0.1) is 11.8 Å². The molecule has 0 aliphatic carbocycles. The zero-order valence-corrected chi connectivity index (χ0v) is 42.6. The minimum absolute atomic E-state index is 0.0174. The summed E-state index contributed by atoms with van der Waals surface area (Å²) in [5, 5.41) is 7.94. The summed E-state index contributed by atoms with van der Waals surface area (Å²) in [4.78, 5) is 93.3. The molecule has 4 aliphatic rings. The number of amides is 6. The van der Waals surface area contributed by atoms with Crippen LogP contribution in [0.1, 0.15) is 65.3 Å². The smallest absolute Gasteiger partial charge is 0.263 e. The van der Waals surface area contributed by atoms with Crippen LogP contribution in [0.5, 0.6) is 11.5 Å². The van der Waals surface area contributed by atoms with Crippen molar-refractivity contribution in [3.63, 3.8) is 0 Å². The molecule has 3 aromatic carbocycles. The van der Waals surface area contributed by atoms with Crippen molar-refractivity contribution in [2.24, 2.45) is 0 Å². The molecule has 75 heavy (non-hydrogen) atoms. The van der Waals surface area contributed by atoms with Gasteiger partial charge in [-0.3, -0.25) is 43.9 Å². The molecule has 3 fully saturated rings. The van der Waals surface area contributed by atoms with Crippen LogP contribution in [-0.4, -0.2) is 185 Å². The predicted octanol–water partition coefficient (Wildman–Crippen LogP) is 4.22. The Labute approximate surface area is 438 Å². The Morgan fingerprint density at radius 2 is 1.45 bits per heavy atom. The number of carbonyl (C=O) groups excluding carboxylic acids is 6. The van der Waals surface area contributed by atoms with Gasteiger partial charge in [0.15, 0.2) is 5.65 Å². The van der Waals surface area contributed by atoms with Crippen LogP contribution in [0.15, 0.2) is 84.0 Å². The molecule has 21 nitrogen and oxygen atoms in total. The van der Waals surface area contributed by atoms with Gasteiger partial charge in [-0.1, -0.05) is 24.3 Å². The molecule has 9 rings (SSSR count). The molecule has 396 valence electrons. The van der Waals surface area contributed by atoms with Gasteiger partial charge in [-0.05, 0) is 80.8 Å². The van der Waals surface area contributed by atoms with E-state index in [1.807, 2.05) is 69.1 Å². The largest absolute Gasteiger partial charge is 0.457 e. The lowest BCUT2D eigenvalue weighted by Crippen LogP contribution is -2.54. The first kappa shape index (κ1) is 53.0. The fourth-order valence-corrected chi connectivity index (χ4v) is 10.6. The van der Waals surface area contributed by atoms with E-state index in [0.29, 0.717) is 111 Å². The number of piperidine rings is 2. The summed E-state index contributed by atoms with van der Waals surface area (Å²) in [5.74, 6) is 0.258. The maximum Gasteiger partial charge on any atom is 0.263 e. The first-order valence-electron chi connectivity index (χ1n) is 25.5. The molecular formula is C53H62N10O11S. The van der Waals surface area contributed by atoms with E-state index in [1.165, 1.54) is 18.1 Å². The molecule has 6 amide bonds. The maximum absolute atomic E-state index is 13.6. The van der Waals surface area contributed by atoms with Crippen molar-refractivity contribution in [1.82, 2.24) is 44.7 Å². The molecule has 2 aromatic heterocycles. The third-order valence-corrected chi connectivity index (χ3v) is 14.6. The Bertz CT molecular complexity index is 2830. The zero-order valence-electron chi connectivity index (χ0n) is 41.8. The minimum atomic E-state index is -1.01. The van der Waals surface area contributed by atoms with Crippen molar-refractivity contribution in [3.8, 4) is 22.8 Å². The fraction of sp³-hybridized carbons (Fsp3) is 0.453. The van der Waals surface area contributed by atoms with Crippen LogP contribution in [0.25, 0.3) is 22.3 Å². The van der Waals surface area contributed by atoms with E-state index in [0.717, 1.165) is 55.1 Å². The van der Waals surface area contributed by atoms with Crippen molar-refractivity contribution >= 4 is 64.1 Å². The Hall–Kier alpha value is -6.82. The highest BCUT2D eigenvalue weighted by atomic mass is 32.2. The summed E-state index contributed by atoms with van der Waals surface area (Å²) in [7, 11) is 0. The number of fused-ring (bicyclic) bond motifs is 2. The number of benzene rings is 3. The number of imide groups is 2. The SMILES string of the molecule is Nc1ncnc2c1c(-c1ccc(Oc3ccccc3)cc1)nn2[C@@H]1CCCN(C(=O)CCCN2CCN(C(=O)COCCOCCOCCOCCSc3cccc4c3C(=O)N(C3CCC(=O)NC3=O)C4=O)CC2)C1.